The maximum Gasteiger partial charge on any atom is 0.317 e. The summed E-state index contributed by atoms with van der Waals surface area (Å²) in [7, 11) is 1.92. The summed E-state index contributed by atoms with van der Waals surface area (Å²) < 4.78 is 0. The number of amides is 2. The van der Waals surface area contributed by atoms with Crippen molar-refractivity contribution in [3.05, 3.63) is 29.8 Å². The molecule has 142 valence electrons. The molecular formula is C22H33N3O. The van der Waals surface area contributed by atoms with Gasteiger partial charge in [0, 0.05) is 38.4 Å². The van der Waals surface area contributed by atoms with E-state index in [4.69, 9.17) is 0 Å². The van der Waals surface area contributed by atoms with Crippen LogP contribution in [-0.4, -0.2) is 37.1 Å². The van der Waals surface area contributed by atoms with E-state index in [0.717, 1.165) is 24.9 Å². The summed E-state index contributed by atoms with van der Waals surface area (Å²) >= 11 is 0. The average molecular weight is 356 g/mol. The Labute approximate surface area is 157 Å². The van der Waals surface area contributed by atoms with Crippen LogP contribution in [0, 0.1) is 17.8 Å². The Kier molecular flexibility index (Phi) is 5.10. The molecule has 1 heterocycles. The van der Waals surface area contributed by atoms with Gasteiger partial charge in [0.05, 0.1) is 0 Å². The molecule has 2 saturated carbocycles. The molecule has 1 N–H and O–H groups in total. The van der Waals surface area contributed by atoms with Gasteiger partial charge in [-0.2, -0.15) is 0 Å². The standard InChI is InChI=1S/C22H33N3O/c1-16(20-14-17-9-10-18(20)13-17)23-22(26)24(2)15-19-7-3-4-8-21(19)25-11-5-6-12-25/h3-4,7-8,16-18,20H,5-6,9-15H2,1-2H3,(H,23,26). The van der Waals surface area contributed by atoms with Gasteiger partial charge < -0.3 is 15.1 Å². The number of rotatable bonds is 5. The molecule has 1 saturated heterocycles. The van der Waals surface area contributed by atoms with Crippen molar-refractivity contribution in [2.45, 2.75) is 58.0 Å². The van der Waals surface area contributed by atoms with E-state index in [1.54, 1.807) is 0 Å². The largest absolute Gasteiger partial charge is 0.371 e. The predicted molar refractivity (Wildman–Crippen MR) is 106 cm³/mol. The molecule has 0 aromatic heterocycles. The van der Waals surface area contributed by atoms with E-state index in [0.29, 0.717) is 12.5 Å². The number of nitrogens with one attached hydrogen (secondary N) is 1. The molecule has 1 aromatic carbocycles. The van der Waals surface area contributed by atoms with Gasteiger partial charge in [0.1, 0.15) is 0 Å². The number of para-hydroxylation sites is 1. The molecule has 4 nitrogen and oxygen atoms in total. The van der Waals surface area contributed by atoms with Gasteiger partial charge in [0.25, 0.3) is 0 Å². The first-order valence-electron chi connectivity index (χ1n) is 10.5. The van der Waals surface area contributed by atoms with E-state index in [-0.39, 0.29) is 12.1 Å². The van der Waals surface area contributed by atoms with Crippen LogP contribution in [0.5, 0.6) is 0 Å². The molecular weight excluding hydrogens is 322 g/mol. The minimum atomic E-state index is 0.0662. The number of carbonyl (C=O) groups is 1. The van der Waals surface area contributed by atoms with E-state index < -0.39 is 0 Å². The van der Waals surface area contributed by atoms with Gasteiger partial charge in [-0.1, -0.05) is 24.6 Å². The van der Waals surface area contributed by atoms with Crippen LogP contribution in [0.1, 0.15) is 51.0 Å². The van der Waals surface area contributed by atoms with Crippen molar-refractivity contribution in [3.63, 3.8) is 0 Å². The van der Waals surface area contributed by atoms with Crippen molar-refractivity contribution in [2.24, 2.45) is 17.8 Å². The molecule has 2 aliphatic carbocycles. The van der Waals surface area contributed by atoms with Gasteiger partial charge in [-0.3, -0.25) is 0 Å². The smallest absolute Gasteiger partial charge is 0.317 e. The number of hydrogen-bond acceptors (Lipinski definition) is 2. The second-order valence-corrected chi connectivity index (χ2v) is 8.76. The van der Waals surface area contributed by atoms with Crippen LogP contribution in [0.2, 0.25) is 0 Å². The first-order chi connectivity index (χ1) is 12.6. The zero-order valence-corrected chi connectivity index (χ0v) is 16.3. The molecule has 0 spiro atoms. The summed E-state index contributed by atoms with van der Waals surface area (Å²) in [5, 5.41) is 3.29. The van der Waals surface area contributed by atoms with Crippen LogP contribution in [-0.2, 0) is 6.54 Å². The summed E-state index contributed by atoms with van der Waals surface area (Å²) in [6.45, 7) is 5.14. The molecule has 4 atom stereocenters. The number of anilines is 1. The van der Waals surface area contributed by atoms with Crippen molar-refractivity contribution in [3.8, 4) is 0 Å². The van der Waals surface area contributed by atoms with Crippen molar-refractivity contribution >= 4 is 11.7 Å². The molecule has 26 heavy (non-hydrogen) atoms. The normalized spacial score (nSPS) is 28.4. The van der Waals surface area contributed by atoms with Gasteiger partial charge >= 0.3 is 6.03 Å². The Morgan fingerprint density at radius 2 is 2.00 bits per heavy atom. The molecule has 1 aliphatic heterocycles. The first-order valence-corrected chi connectivity index (χ1v) is 10.5. The number of hydrogen-bond donors (Lipinski definition) is 1. The van der Waals surface area contributed by atoms with E-state index in [1.165, 1.54) is 49.8 Å². The minimum Gasteiger partial charge on any atom is -0.371 e. The molecule has 3 aliphatic rings. The number of urea groups is 1. The lowest BCUT2D eigenvalue weighted by Gasteiger charge is -2.30. The molecule has 0 radical (unpaired) electrons. The highest BCUT2D eigenvalue weighted by Crippen LogP contribution is 2.49. The van der Waals surface area contributed by atoms with Crippen LogP contribution >= 0.6 is 0 Å². The Hall–Kier alpha value is -1.71. The fourth-order valence-corrected chi connectivity index (χ4v) is 5.56. The molecule has 4 heteroatoms. The summed E-state index contributed by atoms with van der Waals surface area (Å²) in [6.07, 6.45) is 8.03. The van der Waals surface area contributed by atoms with E-state index in [1.807, 2.05) is 11.9 Å². The lowest BCUT2D eigenvalue weighted by molar-refractivity contribution is 0.190. The maximum absolute atomic E-state index is 12.8. The highest BCUT2D eigenvalue weighted by molar-refractivity contribution is 5.74. The van der Waals surface area contributed by atoms with Crippen molar-refractivity contribution < 1.29 is 4.79 Å². The topological polar surface area (TPSA) is 35.6 Å². The Morgan fingerprint density at radius 1 is 1.23 bits per heavy atom. The van der Waals surface area contributed by atoms with Gasteiger partial charge in [-0.05, 0) is 68.4 Å². The number of carbonyl (C=O) groups excluding carboxylic acids is 1. The Bertz CT molecular complexity index is 640. The molecule has 2 amide bonds. The Morgan fingerprint density at radius 3 is 2.69 bits per heavy atom. The maximum atomic E-state index is 12.8. The predicted octanol–water partition coefficient (Wildman–Crippen LogP) is 4.25. The van der Waals surface area contributed by atoms with Gasteiger partial charge in [-0.25, -0.2) is 4.79 Å². The van der Waals surface area contributed by atoms with Crippen LogP contribution in [0.3, 0.4) is 0 Å². The van der Waals surface area contributed by atoms with Crippen molar-refractivity contribution in [2.75, 3.05) is 25.0 Å². The third kappa shape index (κ3) is 3.56. The van der Waals surface area contributed by atoms with Gasteiger partial charge in [0.2, 0.25) is 0 Å². The summed E-state index contributed by atoms with van der Waals surface area (Å²) in [5.41, 5.74) is 2.55. The summed E-state index contributed by atoms with van der Waals surface area (Å²) in [6, 6.07) is 8.90. The zero-order valence-electron chi connectivity index (χ0n) is 16.3. The molecule has 4 unspecified atom stereocenters. The zero-order chi connectivity index (χ0) is 18.1. The van der Waals surface area contributed by atoms with Crippen LogP contribution < -0.4 is 10.2 Å². The van der Waals surface area contributed by atoms with Crippen molar-refractivity contribution in [1.29, 1.82) is 0 Å². The van der Waals surface area contributed by atoms with Gasteiger partial charge in [0.15, 0.2) is 0 Å². The number of nitrogens with zero attached hydrogens (tertiary/aromatic N) is 2. The fourth-order valence-electron chi connectivity index (χ4n) is 5.56. The molecule has 2 bridgehead atoms. The number of fused-ring (bicyclic) bond motifs is 2. The average Bonchev–Trinajstić information content (AvgIpc) is 3.39. The van der Waals surface area contributed by atoms with Crippen LogP contribution in [0.25, 0.3) is 0 Å². The third-order valence-electron chi connectivity index (χ3n) is 6.98. The molecule has 3 fully saturated rings. The Balaban J connectivity index is 1.36. The monoisotopic (exact) mass is 355 g/mol. The quantitative estimate of drug-likeness (QED) is 0.857. The van der Waals surface area contributed by atoms with Crippen molar-refractivity contribution in [1.82, 2.24) is 10.2 Å². The second kappa shape index (κ2) is 7.50. The van der Waals surface area contributed by atoms with E-state index in [9.17, 15) is 4.79 Å². The summed E-state index contributed by atoms with van der Waals surface area (Å²) in [5.74, 6) is 2.45. The minimum absolute atomic E-state index is 0.0662. The first kappa shape index (κ1) is 17.7. The lowest BCUT2D eigenvalue weighted by atomic mass is 9.84. The molecule has 1 aromatic rings. The van der Waals surface area contributed by atoms with E-state index in [2.05, 4.69) is 41.4 Å². The third-order valence-corrected chi connectivity index (χ3v) is 6.98. The van der Waals surface area contributed by atoms with Crippen LogP contribution in [0.4, 0.5) is 10.5 Å². The second-order valence-electron chi connectivity index (χ2n) is 8.76. The van der Waals surface area contributed by atoms with Crippen LogP contribution in [0.15, 0.2) is 24.3 Å². The van der Waals surface area contributed by atoms with E-state index >= 15 is 0 Å². The number of benzene rings is 1. The lowest BCUT2D eigenvalue weighted by Crippen LogP contribution is -2.45. The SMILES string of the molecule is CC(NC(=O)N(C)Cc1ccccc1N1CCCC1)C1CC2CCC1C2. The summed E-state index contributed by atoms with van der Waals surface area (Å²) in [4.78, 5) is 17.1. The molecule has 4 rings (SSSR count). The highest BCUT2D eigenvalue weighted by atomic mass is 16.2. The highest BCUT2D eigenvalue weighted by Gasteiger charge is 2.42. The fraction of sp³-hybridized carbons (Fsp3) is 0.682. The van der Waals surface area contributed by atoms with Gasteiger partial charge in [-0.15, -0.1) is 0 Å².